The molecule has 1 aliphatic heterocycles. The summed E-state index contributed by atoms with van der Waals surface area (Å²) in [5.41, 5.74) is 6.54. The summed E-state index contributed by atoms with van der Waals surface area (Å²) in [6, 6.07) is 7.59. The van der Waals surface area contributed by atoms with E-state index in [2.05, 4.69) is 0 Å². The Morgan fingerprint density at radius 3 is 2.71 bits per heavy atom. The van der Waals surface area contributed by atoms with Crippen molar-refractivity contribution < 1.29 is 9.53 Å². The van der Waals surface area contributed by atoms with Gasteiger partial charge in [-0.25, -0.2) is 0 Å². The Bertz CT molecular complexity index is 471. The van der Waals surface area contributed by atoms with E-state index in [9.17, 15) is 4.79 Å². The van der Waals surface area contributed by atoms with E-state index < -0.39 is 0 Å². The standard InChI is InChI=1S/C15H21ClN2O2.ClH/c1-2-18(10-11-5-3-4-6-13(11)16)15(19)14-8-7-12(9-17)20-14;/h3-6,12,14H,2,7-10,17H2,1H3;1H/t12-,14+;/m1./s1. The highest BCUT2D eigenvalue weighted by molar-refractivity contribution is 6.31. The van der Waals surface area contributed by atoms with E-state index in [1.165, 1.54) is 0 Å². The van der Waals surface area contributed by atoms with Gasteiger partial charge < -0.3 is 15.4 Å². The zero-order valence-electron chi connectivity index (χ0n) is 12.1. The Balaban J connectivity index is 0.00000220. The Morgan fingerprint density at radius 1 is 1.43 bits per heavy atom. The molecule has 0 aliphatic carbocycles. The van der Waals surface area contributed by atoms with E-state index in [0.29, 0.717) is 24.7 Å². The average molecular weight is 333 g/mol. The lowest BCUT2D eigenvalue weighted by Crippen LogP contribution is -2.39. The highest BCUT2D eigenvalue weighted by Gasteiger charge is 2.32. The van der Waals surface area contributed by atoms with E-state index in [1.54, 1.807) is 4.90 Å². The Morgan fingerprint density at radius 2 is 2.14 bits per heavy atom. The van der Waals surface area contributed by atoms with Crippen molar-refractivity contribution in [2.24, 2.45) is 5.73 Å². The van der Waals surface area contributed by atoms with Crippen LogP contribution in [0.1, 0.15) is 25.3 Å². The summed E-state index contributed by atoms with van der Waals surface area (Å²) >= 11 is 6.15. The van der Waals surface area contributed by atoms with Crippen LogP contribution in [0.25, 0.3) is 0 Å². The molecule has 6 heteroatoms. The Kier molecular flexibility index (Phi) is 7.46. The number of carbonyl (C=O) groups is 1. The molecule has 1 aromatic rings. The number of hydrogen-bond acceptors (Lipinski definition) is 3. The quantitative estimate of drug-likeness (QED) is 0.901. The summed E-state index contributed by atoms with van der Waals surface area (Å²) < 4.78 is 5.67. The van der Waals surface area contributed by atoms with Gasteiger partial charge in [-0.15, -0.1) is 12.4 Å². The second-order valence-corrected chi connectivity index (χ2v) is 5.41. The largest absolute Gasteiger partial charge is 0.364 e. The molecule has 4 nitrogen and oxygen atoms in total. The topological polar surface area (TPSA) is 55.6 Å². The minimum absolute atomic E-state index is 0. The predicted molar refractivity (Wildman–Crippen MR) is 86.7 cm³/mol. The monoisotopic (exact) mass is 332 g/mol. The molecule has 2 atom stereocenters. The van der Waals surface area contributed by atoms with Crippen LogP contribution in [-0.4, -0.2) is 36.1 Å². The van der Waals surface area contributed by atoms with Gasteiger partial charge in [0.25, 0.3) is 5.91 Å². The first-order valence-corrected chi connectivity index (χ1v) is 7.41. The van der Waals surface area contributed by atoms with Crippen molar-refractivity contribution in [2.75, 3.05) is 13.1 Å². The van der Waals surface area contributed by atoms with Crippen LogP contribution in [0.5, 0.6) is 0 Å². The van der Waals surface area contributed by atoms with Crippen LogP contribution in [-0.2, 0) is 16.1 Å². The molecule has 1 saturated heterocycles. The molecule has 0 spiro atoms. The van der Waals surface area contributed by atoms with Gasteiger partial charge in [-0.2, -0.15) is 0 Å². The molecule has 0 radical (unpaired) electrons. The van der Waals surface area contributed by atoms with Gasteiger partial charge in [0.2, 0.25) is 0 Å². The molecule has 1 aliphatic rings. The number of nitrogens with two attached hydrogens (primary N) is 1. The molecule has 0 saturated carbocycles. The fraction of sp³-hybridized carbons (Fsp3) is 0.533. The number of hydrogen-bond donors (Lipinski definition) is 1. The molecular formula is C15H22Cl2N2O2. The summed E-state index contributed by atoms with van der Waals surface area (Å²) in [4.78, 5) is 14.3. The molecule has 2 N–H and O–H groups in total. The molecule has 0 aromatic heterocycles. The maximum absolute atomic E-state index is 12.5. The first kappa shape index (κ1) is 18.2. The van der Waals surface area contributed by atoms with Crippen LogP contribution in [0.3, 0.4) is 0 Å². The second-order valence-electron chi connectivity index (χ2n) is 5.00. The smallest absolute Gasteiger partial charge is 0.252 e. The molecule has 1 aromatic carbocycles. The maximum Gasteiger partial charge on any atom is 0.252 e. The third-order valence-electron chi connectivity index (χ3n) is 3.66. The average Bonchev–Trinajstić information content (AvgIpc) is 2.94. The van der Waals surface area contributed by atoms with Crippen LogP contribution in [0, 0.1) is 0 Å². The number of benzene rings is 1. The number of rotatable bonds is 5. The van der Waals surface area contributed by atoms with Crippen molar-refractivity contribution in [2.45, 2.75) is 38.5 Å². The van der Waals surface area contributed by atoms with Gasteiger partial charge in [0, 0.05) is 24.7 Å². The molecule has 1 heterocycles. The SMILES string of the molecule is CCN(Cc1ccccc1Cl)C(=O)[C@@H]1CC[C@H](CN)O1.Cl. The van der Waals surface area contributed by atoms with Gasteiger partial charge in [0.1, 0.15) is 6.10 Å². The number of carbonyl (C=O) groups excluding carboxylic acids is 1. The molecule has 1 fully saturated rings. The first-order valence-electron chi connectivity index (χ1n) is 7.03. The zero-order valence-corrected chi connectivity index (χ0v) is 13.7. The summed E-state index contributed by atoms with van der Waals surface area (Å²) in [6.45, 7) is 3.59. The number of nitrogens with zero attached hydrogens (tertiary/aromatic N) is 1. The van der Waals surface area contributed by atoms with Crippen LogP contribution < -0.4 is 5.73 Å². The van der Waals surface area contributed by atoms with Crippen molar-refractivity contribution >= 4 is 29.9 Å². The van der Waals surface area contributed by atoms with E-state index >= 15 is 0 Å². The summed E-state index contributed by atoms with van der Waals surface area (Å²) in [5, 5.41) is 0.686. The third-order valence-corrected chi connectivity index (χ3v) is 4.03. The van der Waals surface area contributed by atoms with Crippen LogP contribution >= 0.6 is 24.0 Å². The van der Waals surface area contributed by atoms with Crippen LogP contribution in [0.15, 0.2) is 24.3 Å². The fourth-order valence-corrected chi connectivity index (χ4v) is 2.64. The van der Waals surface area contributed by atoms with Crippen LogP contribution in [0.4, 0.5) is 0 Å². The van der Waals surface area contributed by atoms with Crippen molar-refractivity contribution in [1.29, 1.82) is 0 Å². The lowest BCUT2D eigenvalue weighted by molar-refractivity contribution is -0.143. The lowest BCUT2D eigenvalue weighted by Gasteiger charge is -2.24. The molecule has 0 bridgehead atoms. The van der Waals surface area contributed by atoms with Gasteiger partial charge >= 0.3 is 0 Å². The van der Waals surface area contributed by atoms with Crippen LogP contribution in [0.2, 0.25) is 5.02 Å². The Labute approximate surface area is 137 Å². The predicted octanol–water partition coefficient (Wildman–Crippen LogP) is 2.62. The van der Waals surface area contributed by atoms with Gasteiger partial charge in [-0.05, 0) is 31.4 Å². The van der Waals surface area contributed by atoms with E-state index in [1.807, 2.05) is 31.2 Å². The minimum atomic E-state index is -0.356. The van der Waals surface area contributed by atoms with Crippen molar-refractivity contribution in [3.8, 4) is 0 Å². The molecule has 21 heavy (non-hydrogen) atoms. The zero-order chi connectivity index (χ0) is 14.5. The number of ether oxygens (including phenoxy) is 1. The number of likely N-dealkylation sites (N-methyl/N-ethyl adjacent to an activating group) is 1. The normalized spacial score (nSPS) is 20.9. The maximum atomic E-state index is 12.5. The van der Waals surface area contributed by atoms with Gasteiger partial charge in [-0.3, -0.25) is 4.79 Å². The van der Waals surface area contributed by atoms with E-state index in [4.69, 9.17) is 22.1 Å². The molecule has 1 amide bonds. The molecule has 2 rings (SSSR count). The first-order chi connectivity index (χ1) is 9.65. The third kappa shape index (κ3) is 4.58. The summed E-state index contributed by atoms with van der Waals surface area (Å²) in [6.07, 6.45) is 1.27. The minimum Gasteiger partial charge on any atom is -0.364 e. The summed E-state index contributed by atoms with van der Waals surface area (Å²) in [7, 11) is 0. The van der Waals surface area contributed by atoms with Gasteiger partial charge in [0.05, 0.1) is 6.10 Å². The fourth-order valence-electron chi connectivity index (χ4n) is 2.44. The second kappa shape index (κ2) is 8.59. The highest BCUT2D eigenvalue weighted by Crippen LogP contribution is 2.23. The lowest BCUT2D eigenvalue weighted by atomic mass is 10.1. The highest BCUT2D eigenvalue weighted by atomic mass is 35.5. The van der Waals surface area contributed by atoms with E-state index in [-0.39, 0.29) is 30.5 Å². The Hall–Kier alpha value is -0.810. The van der Waals surface area contributed by atoms with E-state index in [0.717, 1.165) is 18.4 Å². The van der Waals surface area contributed by atoms with Crippen molar-refractivity contribution in [3.05, 3.63) is 34.9 Å². The molecular weight excluding hydrogens is 311 g/mol. The van der Waals surface area contributed by atoms with Gasteiger partial charge in [-0.1, -0.05) is 29.8 Å². The molecule has 0 unspecified atom stereocenters. The number of halogens is 2. The van der Waals surface area contributed by atoms with Crippen molar-refractivity contribution in [1.82, 2.24) is 4.90 Å². The molecule has 118 valence electrons. The van der Waals surface area contributed by atoms with Crippen molar-refractivity contribution in [3.63, 3.8) is 0 Å². The summed E-state index contributed by atoms with van der Waals surface area (Å²) in [5.74, 6) is 0.0309. The number of amides is 1. The van der Waals surface area contributed by atoms with Gasteiger partial charge in [0.15, 0.2) is 0 Å².